The largest absolute Gasteiger partial charge is 0.373 e. The Bertz CT molecular complexity index is 342. The molecule has 0 amide bonds. The predicted molar refractivity (Wildman–Crippen MR) is 68.1 cm³/mol. The summed E-state index contributed by atoms with van der Waals surface area (Å²) in [5.74, 6) is 1.16. The van der Waals surface area contributed by atoms with E-state index in [-0.39, 0.29) is 6.10 Å². The minimum Gasteiger partial charge on any atom is -0.373 e. The van der Waals surface area contributed by atoms with Crippen LogP contribution in [-0.4, -0.2) is 12.5 Å². The number of ether oxygens (including phenoxy) is 1. The van der Waals surface area contributed by atoms with Crippen LogP contribution in [0.5, 0.6) is 0 Å². The Morgan fingerprint density at radius 2 is 1.94 bits per heavy atom. The van der Waals surface area contributed by atoms with Crippen molar-refractivity contribution in [2.45, 2.75) is 32.8 Å². The Labute approximate surface area is 103 Å². The summed E-state index contributed by atoms with van der Waals surface area (Å²) in [5.41, 5.74) is 3.90. The van der Waals surface area contributed by atoms with Crippen molar-refractivity contribution >= 4 is 11.6 Å². The van der Waals surface area contributed by atoms with E-state index in [4.69, 9.17) is 16.3 Å². The van der Waals surface area contributed by atoms with E-state index in [1.165, 1.54) is 23.1 Å². The molecule has 1 heterocycles. The van der Waals surface area contributed by atoms with Crippen molar-refractivity contribution in [3.8, 4) is 0 Å². The van der Waals surface area contributed by atoms with Crippen molar-refractivity contribution < 1.29 is 4.74 Å². The van der Waals surface area contributed by atoms with Crippen molar-refractivity contribution in [3.63, 3.8) is 0 Å². The van der Waals surface area contributed by atoms with Crippen LogP contribution < -0.4 is 0 Å². The Morgan fingerprint density at radius 1 is 1.25 bits per heavy atom. The number of hydrogen-bond donors (Lipinski definition) is 0. The average molecular weight is 239 g/mol. The molecule has 1 aliphatic rings. The normalized spacial score (nSPS) is 25.7. The van der Waals surface area contributed by atoms with Gasteiger partial charge in [-0.05, 0) is 32.3 Å². The van der Waals surface area contributed by atoms with Gasteiger partial charge >= 0.3 is 0 Å². The van der Waals surface area contributed by atoms with Gasteiger partial charge in [0.1, 0.15) is 0 Å². The highest BCUT2D eigenvalue weighted by molar-refractivity contribution is 6.18. The standard InChI is InChI=1S/C14H19ClO/c1-10-6-11(2)8-13(7-10)14-12(9-15)4-3-5-16-14/h6-8,12,14H,3-5,9H2,1-2H3. The monoisotopic (exact) mass is 238 g/mol. The second-order valence-corrected chi connectivity index (χ2v) is 5.08. The van der Waals surface area contributed by atoms with Crippen LogP contribution in [0.2, 0.25) is 0 Å². The zero-order valence-electron chi connectivity index (χ0n) is 10.0. The third-order valence-corrected chi connectivity index (χ3v) is 3.61. The quantitative estimate of drug-likeness (QED) is 0.708. The molecule has 2 atom stereocenters. The van der Waals surface area contributed by atoms with Crippen molar-refractivity contribution in [2.75, 3.05) is 12.5 Å². The summed E-state index contributed by atoms with van der Waals surface area (Å²) < 4.78 is 5.89. The van der Waals surface area contributed by atoms with Gasteiger partial charge in [0.2, 0.25) is 0 Å². The van der Waals surface area contributed by atoms with Crippen LogP contribution in [0.4, 0.5) is 0 Å². The lowest BCUT2D eigenvalue weighted by atomic mass is 9.89. The number of halogens is 1. The SMILES string of the molecule is Cc1cc(C)cc(C2OCCCC2CCl)c1. The molecule has 0 aliphatic carbocycles. The highest BCUT2D eigenvalue weighted by Gasteiger charge is 2.26. The van der Waals surface area contributed by atoms with Crippen LogP contribution in [0, 0.1) is 19.8 Å². The van der Waals surface area contributed by atoms with Gasteiger partial charge in [-0.3, -0.25) is 0 Å². The van der Waals surface area contributed by atoms with E-state index < -0.39 is 0 Å². The van der Waals surface area contributed by atoms with E-state index in [0.29, 0.717) is 11.8 Å². The minimum atomic E-state index is 0.199. The summed E-state index contributed by atoms with van der Waals surface area (Å²) in [6, 6.07) is 6.65. The molecule has 1 nitrogen and oxygen atoms in total. The van der Waals surface area contributed by atoms with E-state index in [9.17, 15) is 0 Å². The van der Waals surface area contributed by atoms with Gasteiger partial charge in [0.25, 0.3) is 0 Å². The number of rotatable bonds is 2. The zero-order valence-corrected chi connectivity index (χ0v) is 10.8. The van der Waals surface area contributed by atoms with Crippen molar-refractivity contribution in [1.29, 1.82) is 0 Å². The zero-order chi connectivity index (χ0) is 11.5. The van der Waals surface area contributed by atoms with Gasteiger partial charge in [0.15, 0.2) is 0 Å². The molecule has 2 heteroatoms. The molecule has 0 spiro atoms. The molecule has 16 heavy (non-hydrogen) atoms. The van der Waals surface area contributed by atoms with Crippen LogP contribution >= 0.6 is 11.6 Å². The Hall–Kier alpha value is -0.530. The van der Waals surface area contributed by atoms with Crippen molar-refractivity contribution in [1.82, 2.24) is 0 Å². The maximum Gasteiger partial charge on any atom is 0.0864 e. The van der Waals surface area contributed by atoms with Crippen LogP contribution in [-0.2, 0) is 4.74 Å². The molecule has 1 fully saturated rings. The summed E-state index contributed by atoms with van der Waals surface area (Å²) in [6.07, 6.45) is 2.52. The highest BCUT2D eigenvalue weighted by atomic mass is 35.5. The van der Waals surface area contributed by atoms with E-state index in [2.05, 4.69) is 32.0 Å². The first kappa shape index (κ1) is 11.9. The second-order valence-electron chi connectivity index (χ2n) is 4.77. The predicted octanol–water partition coefficient (Wildman–Crippen LogP) is 4.01. The molecule has 0 N–H and O–H groups in total. The average Bonchev–Trinajstić information content (AvgIpc) is 2.27. The number of benzene rings is 1. The fraction of sp³-hybridized carbons (Fsp3) is 0.571. The molecule has 2 unspecified atom stereocenters. The molecular formula is C14H19ClO. The molecule has 2 rings (SSSR count). The van der Waals surface area contributed by atoms with Gasteiger partial charge in [0, 0.05) is 18.4 Å². The molecular weight excluding hydrogens is 220 g/mol. The first-order valence-corrected chi connectivity index (χ1v) is 6.50. The third-order valence-electron chi connectivity index (χ3n) is 3.22. The van der Waals surface area contributed by atoms with E-state index in [1.54, 1.807) is 0 Å². The molecule has 1 aromatic rings. The van der Waals surface area contributed by atoms with E-state index >= 15 is 0 Å². The minimum absolute atomic E-state index is 0.199. The summed E-state index contributed by atoms with van der Waals surface area (Å²) in [7, 11) is 0. The van der Waals surface area contributed by atoms with Gasteiger partial charge < -0.3 is 4.74 Å². The Morgan fingerprint density at radius 3 is 2.56 bits per heavy atom. The molecule has 1 aliphatic heterocycles. The van der Waals surface area contributed by atoms with Gasteiger partial charge in [-0.15, -0.1) is 11.6 Å². The third kappa shape index (κ3) is 2.58. The summed E-state index contributed by atoms with van der Waals surface area (Å²) in [5, 5.41) is 0. The highest BCUT2D eigenvalue weighted by Crippen LogP contribution is 2.35. The smallest absolute Gasteiger partial charge is 0.0864 e. The topological polar surface area (TPSA) is 9.23 Å². The van der Waals surface area contributed by atoms with Gasteiger partial charge in [-0.2, -0.15) is 0 Å². The lowest BCUT2D eigenvalue weighted by Gasteiger charge is -2.31. The molecule has 0 bridgehead atoms. The summed E-state index contributed by atoms with van der Waals surface area (Å²) in [6.45, 7) is 5.13. The first-order chi connectivity index (χ1) is 7.70. The second kappa shape index (κ2) is 5.20. The van der Waals surface area contributed by atoms with Crippen LogP contribution in [0.25, 0.3) is 0 Å². The van der Waals surface area contributed by atoms with Crippen LogP contribution in [0.1, 0.15) is 35.6 Å². The van der Waals surface area contributed by atoms with Gasteiger partial charge in [0.05, 0.1) is 6.10 Å². The number of alkyl halides is 1. The Kier molecular flexibility index (Phi) is 3.88. The van der Waals surface area contributed by atoms with Crippen molar-refractivity contribution in [2.24, 2.45) is 5.92 Å². The van der Waals surface area contributed by atoms with Gasteiger partial charge in [-0.25, -0.2) is 0 Å². The summed E-state index contributed by atoms with van der Waals surface area (Å²) >= 11 is 6.02. The molecule has 1 aromatic carbocycles. The van der Waals surface area contributed by atoms with Gasteiger partial charge in [-0.1, -0.05) is 29.3 Å². The van der Waals surface area contributed by atoms with Crippen LogP contribution in [0.15, 0.2) is 18.2 Å². The molecule has 88 valence electrons. The molecule has 0 radical (unpaired) electrons. The Balaban J connectivity index is 2.26. The molecule has 1 saturated heterocycles. The fourth-order valence-corrected chi connectivity index (χ4v) is 2.86. The fourth-order valence-electron chi connectivity index (χ4n) is 2.54. The molecule has 0 aromatic heterocycles. The summed E-state index contributed by atoms with van der Waals surface area (Å²) in [4.78, 5) is 0. The van der Waals surface area contributed by atoms with Crippen LogP contribution in [0.3, 0.4) is 0 Å². The lowest BCUT2D eigenvalue weighted by molar-refractivity contribution is -0.0208. The van der Waals surface area contributed by atoms with E-state index in [1.807, 2.05) is 0 Å². The van der Waals surface area contributed by atoms with Crippen molar-refractivity contribution in [3.05, 3.63) is 34.9 Å². The number of hydrogen-bond acceptors (Lipinski definition) is 1. The first-order valence-electron chi connectivity index (χ1n) is 5.96. The molecule has 0 saturated carbocycles. The van der Waals surface area contributed by atoms with E-state index in [0.717, 1.165) is 13.0 Å². The maximum atomic E-state index is 6.02. The number of aryl methyl sites for hydroxylation is 2. The lowest BCUT2D eigenvalue weighted by Crippen LogP contribution is -2.23. The maximum absolute atomic E-state index is 6.02.